The normalized spacial score (nSPS) is 14.6. The van der Waals surface area contributed by atoms with Crippen LogP contribution in [-0.2, 0) is 0 Å². The standard InChI is InChI=1S/C15H23Cl2FN2/c1-5-20(6-2)9-10(3)19-11(4)14-12(16)7-8-13(18)15(14)17/h7-8,10-11,19H,5-6,9H2,1-4H3. The summed E-state index contributed by atoms with van der Waals surface area (Å²) >= 11 is 12.2. The van der Waals surface area contributed by atoms with Crippen molar-refractivity contribution >= 4 is 23.2 Å². The van der Waals surface area contributed by atoms with Crippen molar-refractivity contribution in [2.45, 2.75) is 39.8 Å². The zero-order valence-corrected chi connectivity index (χ0v) is 14.0. The Kier molecular flexibility index (Phi) is 7.24. The fourth-order valence-electron chi connectivity index (χ4n) is 2.37. The Hall–Kier alpha value is -0.350. The van der Waals surface area contributed by atoms with Crippen LogP contribution in [0.25, 0.3) is 0 Å². The highest BCUT2D eigenvalue weighted by atomic mass is 35.5. The summed E-state index contributed by atoms with van der Waals surface area (Å²) in [6, 6.07) is 3.00. The summed E-state index contributed by atoms with van der Waals surface area (Å²) in [6.45, 7) is 11.3. The molecule has 0 fully saturated rings. The van der Waals surface area contributed by atoms with E-state index in [0.29, 0.717) is 10.6 Å². The smallest absolute Gasteiger partial charge is 0.142 e. The van der Waals surface area contributed by atoms with Gasteiger partial charge in [-0.25, -0.2) is 4.39 Å². The Morgan fingerprint density at radius 2 is 1.80 bits per heavy atom. The lowest BCUT2D eigenvalue weighted by atomic mass is 10.1. The summed E-state index contributed by atoms with van der Waals surface area (Å²) in [6.07, 6.45) is 0. The molecule has 2 unspecified atom stereocenters. The van der Waals surface area contributed by atoms with E-state index in [2.05, 4.69) is 31.0 Å². The minimum absolute atomic E-state index is 0.101. The molecule has 0 aliphatic rings. The summed E-state index contributed by atoms with van der Waals surface area (Å²) in [5.74, 6) is -0.434. The summed E-state index contributed by atoms with van der Waals surface area (Å²) in [5, 5.41) is 4.02. The van der Waals surface area contributed by atoms with Crippen molar-refractivity contribution < 1.29 is 4.39 Å². The molecule has 0 bridgehead atoms. The van der Waals surface area contributed by atoms with Crippen LogP contribution in [0.5, 0.6) is 0 Å². The van der Waals surface area contributed by atoms with E-state index in [1.165, 1.54) is 6.07 Å². The average Bonchev–Trinajstić information content (AvgIpc) is 2.40. The molecule has 1 rings (SSSR count). The Labute approximate surface area is 131 Å². The third kappa shape index (κ3) is 4.59. The van der Waals surface area contributed by atoms with Gasteiger partial charge in [-0.3, -0.25) is 0 Å². The maximum atomic E-state index is 13.5. The quantitative estimate of drug-likeness (QED) is 0.743. The molecule has 2 atom stereocenters. The second kappa shape index (κ2) is 8.18. The van der Waals surface area contributed by atoms with E-state index in [1.54, 1.807) is 6.07 Å². The van der Waals surface area contributed by atoms with Gasteiger partial charge in [-0.15, -0.1) is 0 Å². The SMILES string of the molecule is CCN(CC)CC(C)NC(C)c1c(Cl)ccc(F)c1Cl. The molecule has 1 N–H and O–H groups in total. The van der Waals surface area contributed by atoms with Gasteiger partial charge < -0.3 is 10.2 Å². The Bertz CT molecular complexity index is 436. The molecule has 0 heterocycles. The van der Waals surface area contributed by atoms with E-state index < -0.39 is 5.82 Å². The number of nitrogens with zero attached hydrogens (tertiary/aromatic N) is 1. The van der Waals surface area contributed by atoms with Crippen LogP contribution in [0.1, 0.15) is 39.3 Å². The van der Waals surface area contributed by atoms with Crippen molar-refractivity contribution in [2.24, 2.45) is 0 Å². The molecule has 0 spiro atoms. The van der Waals surface area contributed by atoms with Gasteiger partial charge in [0.05, 0.1) is 5.02 Å². The fraction of sp³-hybridized carbons (Fsp3) is 0.600. The van der Waals surface area contributed by atoms with Gasteiger partial charge in [-0.1, -0.05) is 37.0 Å². The third-order valence-corrected chi connectivity index (χ3v) is 4.19. The van der Waals surface area contributed by atoms with Gasteiger partial charge in [0, 0.05) is 29.2 Å². The van der Waals surface area contributed by atoms with Crippen molar-refractivity contribution in [2.75, 3.05) is 19.6 Å². The highest BCUT2D eigenvalue weighted by Gasteiger charge is 2.19. The fourth-order valence-corrected chi connectivity index (χ4v) is 3.07. The first-order valence-electron chi connectivity index (χ1n) is 7.02. The van der Waals surface area contributed by atoms with E-state index in [1.807, 2.05) is 6.92 Å². The molecule has 1 aromatic carbocycles. The molecule has 0 saturated carbocycles. The van der Waals surface area contributed by atoms with Gasteiger partial charge in [0.15, 0.2) is 0 Å². The average molecular weight is 321 g/mol. The topological polar surface area (TPSA) is 15.3 Å². The highest BCUT2D eigenvalue weighted by molar-refractivity contribution is 6.36. The molecule has 5 heteroatoms. The molecule has 0 aromatic heterocycles. The molecule has 2 nitrogen and oxygen atoms in total. The van der Waals surface area contributed by atoms with Crippen LogP contribution in [0, 0.1) is 5.82 Å². The summed E-state index contributed by atoms with van der Waals surface area (Å²) in [5.41, 5.74) is 0.625. The molecular formula is C15H23Cl2FN2. The van der Waals surface area contributed by atoms with Gasteiger partial charge in [-0.05, 0) is 39.1 Å². The van der Waals surface area contributed by atoms with E-state index >= 15 is 0 Å². The largest absolute Gasteiger partial charge is 0.306 e. The highest BCUT2D eigenvalue weighted by Crippen LogP contribution is 2.32. The van der Waals surface area contributed by atoms with Crippen molar-refractivity contribution in [1.82, 2.24) is 10.2 Å². The second-order valence-electron chi connectivity index (χ2n) is 5.03. The molecular weight excluding hydrogens is 298 g/mol. The number of nitrogens with one attached hydrogen (secondary N) is 1. The Balaban J connectivity index is 2.76. The maximum absolute atomic E-state index is 13.5. The lowest BCUT2D eigenvalue weighted by molar-refractivity contribution is 0.264. The summed E-state index contributed by atoms with van der Waals surface area (Å²) in [7, 11) is 0. The monoisotopic (exact) mass is 320 g/mol. The van der Waals surface area contributed by atoms with E-state index in [0.717, 1.165) is 19.6 Å². The summed E-state index contributed by atoms with van der Waals surface area (Å²) < 4.78 is 13.5. The minimum Gasteiger partial charge on any atom is -0.306 e. The van der Waals surface area contributed by atoms with Gasteiger partial charge in [0.2, 0.25) is 0 Å². The first-order valence-corrected chi connectivity index (χ1v) is 7.78. The molecule has 0 aliphatic heterocycles. The second-order valence-corrected chi connectivity index (χ2v) is 5.82. The molecule has 1 aromatic rings. The van der Waals surface area contributed by atoms with E-state index in [9.17, 15) is 4.39 Å². The van der Waals surface area contributed by atoms with Crippen molar-refractivity contribution in [3.8, 4) is 0 Å². The molecule has 20 heavy (non-hydrogen) atoms. The van der Waals surface area contributed by atoms with Crippen LogP contribution in [0.4, 0.5) is 4.39 Å². The Morgan fingerprint density at radius 1 is 1.20 bits per heavy atom. The number of likely N-dealkylation sites (N-methyl/N-ethyl adjacent to an activating group) is 1. The molecule has 0 radical (unpaired) electrons. The van der Waals surface area contributed by atoms with E-state index in [-0.39, 0.29) is 17.1 Å². The minimum atomic E-state index is -0.434. The number of halogens is 3. The Morgan fingerprint density at radius 3 is 2.35 bits per heavy atom. The number of benzene rings is 1. The third-order valence-electron chi connectivity index (χ3n) is 3.47. The maximum Gasteiger partial charge on any atom is 0.142 e. The van der Waals surface area contributed by atoms with Gasteiger partial charge in [-0.2, -0.15) is 0 Å². The number of rotatable bonds is 7. The van der Waals surface area contributed by atoms with Crippen LogP contribution in [-0.4, -0.2) is 30.6 Å². The molecule has 114 valence electrons. The number of hydrogen-bond acceptors (Lipinski definition) is 2. The zero-order valence-electron chi connectivity index (χ0n) is 12.5. The predicted octanol–water partition coefficient (Wildman–Crippen LogP) is 4.51. The van der Waals surface area contributed by atoms with Crippen LogP contribution in [0.15, 0.2) is 12.1 Å². The van der Waals surface area contributed by atoms with Crippen LogP contribution in [0.2, 0.25) is 10.0 Å². The molecule has 0 amide bonds. The first-order chi connectivity index (χ1) is 9.40. The van der Waals surface area contributed by atoms with Crippen LogP contribution in [0.3, 0.4) is 0 Å². The van der Waals surface area contributed by atoms with E-state index in [4.69, 9.17) is 23.2 Å². The van der Waals surface area contributed by atoms with Crippen molar-refractivity contribution in [3.05, 3.63) is 33.6 Å². The first kappa shape index (κ1) is 17.7. The van der Waals surface area contributed by atoms with Gasteiger partial charge in [0.25, 0.3) is 0 Å². The zero-order chi connectivity index (χ0) is 15.3. The predicted molar refractivity (Wildman–Crippen MR) is 85.2 cm³/mol. The van der Waals surface area contributed by atoms with Crippen molar-refractivity contribution in [3.63, 3.8) is 0 Å². The van der Waals surface area contributed by atoms with Crippen LogP contribution < -0.4 is 5.32 Å². The molecule has 0 saturated heterocycles. The van der Waals surface area contributed by atoms with Gasteiger partial charge in [0.1, 0.15) is 5.82 Å². The molecule has 0 aliphatic carbocycles. The number of hydrogen-bond donors (Lipinski definition) is 1. The lowest BCUT2D eigenvalue weighted by Gasteiger charge is -2.27. The lowest BCUT2D eigenvalue weighted by Crippen LogP contribution is -2.40. The summed E-state index contributed by atoms with van der Waals surface area (Å²) in [4.78, 5) is 2.33. The van der Waals surface area contributed by atoms with Crippen LogP contribution >= 0.6 is 23.2 Å². The van der Waals surface area contributed by atoms with Gasteiger partial charge >= 0.3 is 0 Å². The van der Waals surface area contributed by atoms with Crippen molar-refractivity contribution in [1.29, 1.82) is 0 Å².